The number of rotatable bonds is 3. The van der Waals surface area contributed by atoms with E-state index < -0.39 is 17.8 Å². The van der Waals surface area contributed by atoms with Crippen LogP contribution in [0.5, 0.6) is 5.75 Å². The first kappa shape index (κ1) is 19.1. The molecule has 0 spiro atoms. The first-order valence-electron chi connectivity index (χ1n) is 8.44. The number of benzene rings is 1. The van der Waals surface area contributed by atoms with Crippen LogP contribution in [-0.4, -0.2) is 34.6 Å². The average molecular weight is 421 g/mol. The number of amides is 2. The Morgan fingerprint density at radius 2 is 2.07 bits per heavy atom. The zero-order valence-corrected chi connectivity index (χ0v) is 15.9. The summed E-state index contributed by atoms with van der Waals surface area (Å²) in [5.74, 6) is 0.274. The fraction of sp³-hybridized carbons (Fsp3) is 0.222. The molecule has 2 aromatic heterocycles. The Hall–Kier alpha value is -3.21. The number of urea groups is 1. The Bertz CT molecular complexity index is 1030. The molecule has 1 aromatic carbocycles. The molecule has 3 heterocycles. The van der Waals surface area contributed by atoms with Crippen molar-refractivity contribution in [2.75, 3.05) is 23.5 Å². The molecule has 0 fully saturated rings. The number of hydrogen-bond acceptors (Lipinski definition) is 6. The lowest BCUT2D eigenvalue weighted by Crippen LogP contribution is -2.40. The summed E-state index contributed by atoms with van der Waals surface area (Å²) >= 11 is 1.28. The lowest BCUT2D eigenvalue weighted by Gasteiger charge is -2.26. The van der Waals surface area contributed by atoms with Crippen molar-refractivity contribution in [3.63, 3.8) is 0 Å². The molecule has 0 atom stereocenters. The predicted octanol–water partition coefficient (Wildman–Crippen LogP) is 4.28. The minimum absolute atomic E-state index is 0.187. The largest absolute Gasteiger partial charge is 0.496 e. The molecule has 150 valence electrons. The monoisotopic (exact) mass is 421 g/mol. The van der Waals surface area contributed by atoms with Crippen molar-refractivity contribution in [3.8, 4) is 5.75 Å². The molecule has 29 heavy (non-hydrogen) atoms. The minimum atomic E-state index is -4.61. The number of aromatic nitrogens is 3. The zero-order valence-electron chi connectivity index (χ0n) is 15.1. The second-order valence-corrected chi connectivity index (χ2v) is 6.83. The van der Waals surface area contributed by atoms with Gasteiger partial charge in [-0.1, -0.05) is 0 Å². The molecule has 3 aromatic rings. The molecular formula is C18H14F3N5O2S. The van der Waals surface area contributed by atoms with Gasteiger partial charge < -0.3 is 4.74 Å². The Labute approximate surface area is 167 Å². The minimum Gasteiger partial charge on any atom is -0.496 e. The van der Waals surface area contributed by atoms with Gasteiger partial charge in [0.25, 0.3) is 0 Å². The zero-order chi connectivity index (χ0) is 20.6. The second-order valence-electron chi connectivity index (χ2n) is 6.11. The van der Waals surface area contributed by atoms with E-state index >= 15 is 0 Å². The molecule has 0 radical (unpaired) electrons. The molecule has 11 heteroatoms. The maximum absolute atomic E-state index is 13.5. The van der Waals surface area contributed by atoms with Crippen LogP contribution in [0.1, 0.15) is 11.1 Å². The molecule has 1 aliphatic rings. The van der Waals surface area contributed by atoms with E-state index in [1.54, 1.807) is 10.9 Å². The molecule has 0 saturated carbocycles. The Morgan fingerprint density at radius 1 is 1.24 bits per heavy atom. The van der Waals surface area contributed by atoms with E-state index in [4.69, 9.17) is 4.74 Å². The molecule has 1 aliphatic heterocycles. The summed E-state index contributed by atoms with van der Waals surface area (Å²) in [6.07, 6.45) is 0.0638. The highest BCUT2D eigenvalue weighted by atomic mass is 32.1. The Morgan fingerprint density at radius 3 is 2.69 bits per heavy atom. The van der Waals surface area contributed by atoms with Crippen LogP contribution in [0.15, 0.2) is 41.6 Å². The standard InChI is InChI=1S/C18H14F3N5O2S/c1-28-14-6-11-2-5-25(13(11)7-12(14)18(19,20)21)17(27)26(16-9-29-10-24-16)15-8-22-3-4-23-15/h3-4,6-10H,2,5H2,1H3. The molecule has 0 bridgehead atoms. The van der Waals surface area contributed by atoms with E-state index in [1.807, 2.05) is 0 Å². The third kappa shape index (κ3) is 3.48. The molecule has 2 amide bonds. The van der Waals surface area contributed by atoms with Crippen molar-refractivity contribution >= 4 is 34.7 Å². The molecular weight excluding hydrogens is 407 g/mol. The third-order valence-corrected chi connectivity index (χ3v) is 5.02. The van der Waals surface area contributed by atoms with E-state index in [0.717, 1.165) is 6.07 Å². The van der Waals surface area contributed by atoms with Gasteiger partial charge in [-0.25, -0.2) is 19.7 Å². The summed E-state index contributed by atoms with van der Waals surface area (Å²) in [4.78, 5) is 28.2. The number of carbonyl (C=O) groups is 1. The normalized spacial score (nSPS) is 13.3. The molecule has 4 rings (SSSR count). The van der Waals surface area contributed by atoms with Gasteiger partial charge in [-0.2, -0.15) is 13.2 Å². The number of hydrogen-bond donors (Lipinski definition) is 0. The number of thiazole rings is 1. The number of methoxy groups -OCH3 is 1. The van der Waals surface area contributed by atoms with E-state index in [1.165, 1.54) is 52.9 Å². The van der Waals surface area contributed by atoms with Crippen LogP contribution in [0, 0.1) is 0 Å². The van der Waals surface area contributed by atoms with Crippen molar-refractivity contribution in [1.29, 1.82) is 0 Å². The van der Waals surface area contributed by atoms with Gasteiger partial charge in [0.15, 0.2) is 11.6 Å². The summed E-state index contributed by atoms with van der Waals surface area (Å²) in [6, 6.07) is 1.73. The van der Waals surface area contributed by atoms with Crippen molar-refractivity contribution in [2.24, 2.45) is 0 Å². The first-order chi connectivity index (χ1) is 13.9. The summed E-state index contributed by atoms with van der Waals surface area (Å²) < 4.78 is 45.3. The van der Waals surface area contributed by atoms with Gasteiger partial charge in [-0.15, -0.1) is 11.3 Å². The number of halogens is 3. The summed E-state index contributed by atoms with van der Waals surface area (Å²) in [6.45, 7) is 0.222. The molecule has 0 saturated heterocycles. The van der Waals surface area contributed by atoms with Gasteiger partial charge in [0.2, 0.25) is 0 Å². The van der Waals surface area contributed by atoms with Gasteiger partial charge in [0.1, 0.15) is 5.75 Å². The maximum atomic E-state index is 13.5. The van der Waals surface area contributed by atoms with Crippen LogP contribution < -0.4 is 14.5 Å². The second kappa shape index (κ2) is 7.32. The first-order valence-corrected chi connectivity index (χ1v) is 9.38. The summed E-state index contributed by atoms with van der Waals surface area (Å²) in [5, 5.41) is 1.65. The van der Waals surface area contributed by atoms with Crippen LogP contribution >= 0.6 is 11.3 Å². The smallest absolute Gasteiger partial charge is 0.420 e. The van der Waals surface area contributed by atoms with Crippen LogP contribution in [0.2, 0.25) is 0 Å². The molecule has 0 N–H and O–H groups in total. The van der Waals surface area contributed by atoms with Gasteiger partial charge in [-0.05, 0) is 24.1 Å². The van der Waals surface area contributed by atoms with Crippen LogP contribution in [0.3, 0.4) is 0 Å². The van der Waals surface area contributed by atoms with Crippen LogP contribution in [0.25, 0.3) is 0 Å². The number of nitrogens with zero attached hydrogens (tertiary/aromatic N) is 5. The highest BCUT2D eigenvalue weighted by molar-refractivity contribution is 7.07. The number of alkyl halides is 3. The number of ether oxygens (including phenoxy) is 1. The number of anilines is 3. The van der Waals surface area contributed by atoms with E-state index in [9.17, 15) is 18.0 Å². The predicted molar refractivity (Wildman–Crippen MR) is 101 cm³/mol. The molecule has 7 nitrogen and oxygen atoms in total. The molecule has 0 aliphatic carbocycles. The van der Waals surface area contributed by atoms with Crippen LogP contribution in [0.4, 0.5) is 35.3 Å². The van der Waals surface area contributed by atoms with Gasteiger partial charge in [-0.3, -0.25) is 9.88 Å². The van der Waals surface area contributed by atoms with E-state index in [-0.39, 0.29) is 23.8 Å². The average Bonchev–Trinajstić information content (AvgIpc) is 3.37. The van der Waals surface area contributed by atoms with Crippen molar-refractivity contribution in [1.82, 2.24) is 15.0 Å². The van der Waals surface area contributed by atoms with E-state index in [2.05, 4.69) is 15.0 Å². The highest BCUT2D eigenvalue weighted by Gasteiger charge is 2.39. The third-order valence-electron chi connectivity index (χ3n) is 4.45. The highest BCUT2D eigenvalue weighted by Crippen LogP contribution is 2.43. The van der Waals surface area contributed by atoms with E-state index in [0.29, 0.717) is 17.8 Å². The fourth-order valence-electron chi connectivity index (χ4n) is 3.16. The van der Waals surface area contributed by atoms with Crippen molar-refractivity contribution in [2.45, 2.75) is 12.6 Å². The SMILES string of the molecule is COc1cc2c(cc1C(F)(F)F)N(C(=O)N(c1cnccn1)c1cscn1)CC2. The van der Waals surface area contributed by atoms with Crippen LogP contribution in [-0.2, 0) is 12.6 Å². The lowest BCUT2D eigenvalue weighted by molar-refractivity contribution is -0.138. The quantitative estimate of drug-likeness (QED) is 0.631. The fourth-order valence-corrected chi connectivity index (χ4v) is 3.68. The number of carbonyl (C=O) groups excluding carboxylic acids is 1. The molecule has 0 unspecified atom stereocenters. The summed E-state index contributed by atoms with van der Waals surface area (Å²) in [5.41, 5.74) is 1.40. The summed E-state index contributed by atoms with van der Waals surface area (Å²) in [7, 11) is 1.19. The number of fused-ring (bicyclic) bond motifs is 1. The lowest BCUT2D eigenvalue weighted by atomic mass is 10.1. The van der Waals surface area contributed by atoms with Gasteiger partial charge in [0, 0.05) is 30.0 Å². The van der Waals surface area contributed by atoms with Gasteiger partial charge >= 0.3 is 12.2 Å². The van der Waals surface area contributed by atoms with Crippen molar-refractivity contribution in [3.05, 3.63) is 52.7 Å². The van der Waals surface area contributed by atoms with Gasteiger partial charge in [0.05, 0.1) is 24.4 Å². The maximum Gasteiger partial charge on any atom is 0.420 e. The Kier molecular flexibility index (Phi) is 4.82. The Balaban J connectivity index is 1.77. The topological polar surface area (TPSA) is 71.5 Å². The van der Waals surface area contributed by atoms with Crippen molar-refractivity contribution < 1.29 is 22.7 Å².